The molecule has 0 atom stereocenters. The van der Waals surface area contributed by atoms with Crippen LogP contribution in [0, 0.1) is 5.82 Å². The van der Waals surface area contributed by atoms with Crippen LogP contribution >= 0.6 is 0 Å². The second-order valence-corrected chi connectivity index (χ2v) is 2.37. The van der Waals surface area contributed by atoms with Crippen molar-refractivity contribution >= 4 is 0 Å². The van der Waals surface area contributed by atoms with E-state index < -0.39 is 18.8 Å². The average molecular weight is 178 g/mol. The van der Waals surface area contributed by atoms with E-state index >= 15 is 0 Å². The predicted octanol–water partition coefficient (Wildman–Crippen LogP) is 1.85. The fourth-order valence-electron chi connectivity index (χ4n) is 1.03. The Hall–Kier alpha value is -1.00. The number of hydrogen-bond acceptors (Lipinski definition) is 1. The van der Waals surface area contributed by atoms with E-state index in [4.69, 9.17) is 0 Å². The standard InChI is InChI=1S/C7H9F3N2/c1-2-6-5(8)3-11-12(6)4-7(9)10/h3,7H,2,4H2,1H3. The van der Waals surface area contributed by atoms with Gasteiger partial charge in [-0.05, 0) is 6.42 Å². The first-order chi connectivity index (χ1) is 5.65. The molecule has 0 saturated carbocycles. The maximum Gasteiger partial charge on any atom is 0.257 e. The van der Waals surface area contributed by atoms with Crippen molar-refractivity contribution in [2.24, 2.45) is 0 Å². The molecule has 0 aliphatic heterocycles. The van der Waals surface area contributed by atoms with Crippen molar-refractivity contribution in [2.75, 3.05) is 0 Å². The minimum Gasteiger partial charge on any atom is -0.261 e. The summed E-state index contributed by atoms with van der Waals surface area (Å²) in [5, 5.41) is 3.49. The molecule has 0 radical (unpaired) electrons. The van der Waals surface area contributed by atoms with Crippen LogP contribution in [0.4, 0.5) is 13.2 Å². The molecule has 0 aliphatic carbocycles. The molecule has 5 heteroatoms. The summed E-state index contributed by atoms with van der Waals surface area (Å²) in [5.74, 6) is -0.516. The van der Waals surface area contributed by atoms with E-state index in [-0.39, 0.29) is 5.69 Å². The van der Waals surface area contributed by atoms with Gasteiger partial charge in [-0.1, -0.05) is 6.92 Å². The van der Waals surface area contributed by atoms with Gasteiger partial charge in [-0.3, -0.25) is 4.68 Å². The van der Waals surface area contributed by atoms with Crippen molar-refractivity contribution in [2.45, 2.75) is 26.3 Å². The third kappa shape index (κ3) is 1.78. The fourth-order valence-corrected chi connectivity index (χ4v) is 1.03. The van der Waals surface area contributed by atoms with Crippen LogP contribution in [0.15, 0.2) is 6.20 Å². The molecule has 1 aromatic rings. The highest BCUT2D eigenvalue weighted by Gasteiger charge is 2.11. The lowest BCUT2D eigenvalue weighted by Crippen LogP contribution is -2.11. The van der Waals surface area contributed by atoms with Crippen LogP contribution in [0.3, 0.4) is 0 Å². The Morgan fingerprint density at radius 2 is 2.25 bits per heavy atom. The Bertz CT molecular complexity index is 257. The summed E-state index contributed by atoms with van der Waals surface area (Å²) in [6.07, 6.45) is -1.16. The lowest BCUT2D eigenvalue weighted by molar-refractivity contribution is 0.120. The van der Waals surface area contributed by atoms with E-state index in [9.17, 15) is 13.2 Å². The molecule has 1 rings (SSSR count). The summed E-state index contributed by atoms with van der Waals surface area (Å²) in [6, 6.07) is 0. The van der Waals surface area contributed by atoms with E-state index in [1.165, 1.54) is 0 Å². The van der Waals surface area contributed by atoms with E-state index in [0.717, 1.165) is 10.9 Å². The van der Waals surface area contributed by atoms with Gasteiger partial charge in [0.25, 0.3) is 6.43 Å². The van der Waals surface area contributed by atoms with Gasteiger partial charge in [0, 0.05) is 0 Å². The lowest BCUT2D eigenvalue weighted by atomic mass is 10.3. The van der Waals surface area contributed by atoms with Gasteiger partial charge in [0.1, 0.15) is 6.54 Å². The largest absolute Gasteiger partial charge is 0.261 e. The highest BCUT2D eigenvalue weighted by molar-refractivity contribution is 5.03. The molecule has 0 fully saturated rings. The van der Waals surface area contributed by atoms with Crippen molar-refractivity contribution in [3.05, 3.63) is 17.7 Å². The molecular formula is C7H9F3N2. The van der Waals surface area contributed by atoms with E-state index in [0.29, 0.717) is 6.42 Å². The summed E-state index contributed by atoms with van der Waals surface area (Å²) in [4.78, 5) is 0. The number of rotatable bonds is 3. The van der Waals surface area contributed by atoms with Crippen LogP contribution in [-0.2, 0) is 13.0 Å². The molecule has 0 amide bonds. The van der Waals surface area contributed by atoms with Crippen molar-refractivity contribution < 1.29 is 13.2 Å². The second-order valence-electron chi connectivity index (χ2n) is 2.37. The Morgan fingerprint density at radius 3 is 2.75 bits per heavy atom. The van der Waals surface area contributed by atoms with Gasteiger partial charge < -0.3 is 0 Å². The molecule has 0 spiro atoms. The van der Waals surface area contributed by atoms with Gasteiger partial charge in [0.05, 0.1) is 11.9 Å². The van der Waals surface area contributed by atoms with Gasteiger partial charge >= 0.3 is 0 Å². The minimum atomic E-state index is -2.49. The Kier molecular flexibility index (Phi) is 2.73. The van der Waals surface area contributed by atoms with Crippen LogP contribution < -0.4 is 0 Å². The van der Waals surface area contributed by atoms with Crippen LogP contribution in [0.2, 0.25) is 0 Å². The van der Waals surface area contributed by atoms with Crippen LogP contribution in [0.1, 0.15) is 12.6 Å². The topological polar surface area (TPSA) is 17.8 Å². The van der Waals surface area contributed by atoms with Gasteiger partial charge in [-0.2, -0.15) is 5.10 Å². The minimum absolute atomic E-state index is 0.232. The summed E-state index contributed by atoms with van der Waals surface area (Å²) in [5.41, 5.74) is 0.232. The number of alkyl halides is 2. The fraction of sp³-hybridized carbons (Fsp3) is 0.571. The number of hydrogen-bond donors (Lipinski definition) is 0. The molecule has 1 aromatic heterocycles. The third-order valence-electron chi connectivity index (χ3n) is 1.54. The van der Waals surface area contributed by atoms with Gasteiger partial charge in [0.2, 0.25) is 0 Å². The summed E-state index contributed by atoms with van der Waals surface area (Å²) >= 11 is 0. The molecule has 0 bridgehead atoms. The first-order valence-electron chi connectivity index (χ1n) is 3.63. The SMILES string of the molecule is CCc1c(F)cnn1CC(F)F. The van der Waals surface area contributed by atoms with Gasteiger partial charge in [0.15, 0.2) is 5.82 Å². The van der Waals surface area contributed by atoms with Crippen LogP contribution in [0.25, 0.3) is 0 Å². The van der Waals surface area contributed by atoms with Gasteiger partial charge in [-0.15, -0.1) is 0 Å². The van der Waals surface area contributed by atoms with Crippen LogP contribution in [0.5, 0.6) is 0 Å². The van der Waals surface area contributed by atoms with Crippen molar-refractivity contribution in [1.82, 2.24) is 9.78 Å². The highest BCUT2D eigenvalue weighted by Crippen LogP contribution is 2.08. The summed E-state index contributed by atoms with van der Waals surface area (Å²) in [7, 11) is 0. The second kappa shape index (κ2) is 3.60. The van der Waals surface area contributed by atoms with Crippen molar-refractivity contribution in [1.29, 1.82) is 0 Å². The Labute approximate surface area is 68.0 Å². The van der Waals surface area contributed by atoms with Crippen molar-refractivity contribution in [3.8, 4) is 0 Å². The molecule has 1 heterocycles. The normalized spacial score (nSPS) is 11.1. The van der Waals surface area contributed by atoms with Crippen LogP contribution in [-0.4, -0.2) is 16.2 Å². The molecule has 0 aromatic carbocycles. The Morgan fingerprint density at radius 1 is 1.58 bits per heavy atom. The Balaban J connectivity index is 2.84. The first kappa shape index (κ1) is 9.09. The lowest BCUT2D eigenvalue weighted by Gasteiger charge is -2.03. The maximum atomic E-state index is 12.7. The first-order valence-corrected chi connectivity index (χ1v) is 3.63. The zero-order valence-electron chi connectivity index (χ0n) is 6.60. The van der Waals surface area contributed by atoms with E-state index in [2.05, 4.69) is 5.10 Å². The molecule has 68 valence electrons. The quantitative estimate of drug-likeness (QED) is 0.690. The number of nitrogens with zero attached hydrogens (tertiary/aromatic N) is 2. The molecule has 0 N–H and O–H groups in total. The third-order valence-corrected chi connectivity index (χ3v) is 1.54. The predicted molar refractivity (Wildman–Crippen MR) is 37.6 cm³/mol. The summed E-state index contributed by atoms with van der Waals surface area (Å²) in [6.45, 7) is 1.16. The maximum absolute atomic E-state index is 12.7. The van der Waals surface area contributed by atoms with E-state index in [1.54, 1.807) is 6.92 Å². The molecular weight excluding hydrogens is 169 g/mol. The number of aromatic nitrogens is 2. The molecule has 0 aliphatic rings. The van der Waals surface area contributed by atoms with Crippen molar-refractivity contribution in [3.63, 3.8) is 0 Å². The zero-order valence-corrected chi connectivity index (χ0v) is 6.60. The van der Waals surface area contributed by atoms with E-state index in [1.807, 2.05) is 0 Å². The monoisotopic (exact) mass is 178 g/mol. The number of halogens is 3. The molecule has 0 saturated heterocycles. The zero-order chi connectivity index (χ0) is 9.14. The highest BCUT2D eigenvalue weighted by atomic mass is 19.3. The summed E-state index contributed by atoms with van der Waals surface area (Å²) < 4.78 is 37.5. The molecule has 0 unspecified atom stereocenters. The average Bonchev–Trinajstić information content (AvgIpc) is 2.30. The van der Waals surface area contributed by atoms with Gasteiger partial charge in [-0.25, -0.2) is 13.2 Å². The molecule has 2 nitrogen and oxygen atoms in total. The smallest absolute Gasteiger partial charge is 0.257 e. The molecule has 12 heavy (non-hydrogen) atoms.